The molecule has 10 heteroatoms. The topological polar surface area (TPSA) is 64.1 Å². The van der Waals surface area contributed by atoms with Crippen LogP contribution in [0.25, 0.3) is 11.3 Å². The zero-order chi connectivity index (χ0) is 21.7. The highest BCUT2D eigenvalue weighted by Crippen LogP contribution is 2.32. The van der Waals surface area contributed by atoms with Gasteiger partial charge in [0.2, 0.25) is 5.91 Å². The van der Waals surface area contributed by atoms with Crippen molar-refractivity contribution in [2.45, 2.75) is 11.3 Å². The van der Waals surface area contributed by atoms with Crippen molar-refractivity contribution in [1.82, 2.24) is 9.97 Å². The Bertz CT molecular complexity index is 1050. The van der Waals surface area contributed by atoms with Crippen molar-refractivity contribution in [2.24, 2.45) is 0 Å². The van der Waals surface area contributed by atoms with Gasteiger partial charge in [-0.05, 0) is 30.3 Å². The summed E-state index contributed by atoms with van der Waals surface area (Å²) in [7, 11) is 1.47. The van der Waals surface area contributed by atoms with Crippen molar-refractivity contribution in [2.75, 3.05) is 18.2 Å². The summed E-state index contributed by atoms with van der Waals surface area (Å²) in [6, 6.07) is 13.9. The number of benzene rings is 2. The van der Waals surface area contributed by atoms with Crippen LogP contribution in [0, 0.1) is 0 Å². The summed E-state index contributed by atoms with van der Waals surface area (Å²) in [5.41, 5.74) is -0.0956. The SMILES string of the molecule is COc1ccccc1NC(=O)CSc1nc(-c2ccc(Cl)cc2)cc(C(F)(F)F)n1. The maximum atomic E-state index is 13.3. The first-order valence-electron chi connectivity index (χ1n) is 8.54. The minimum absolute atomic E-state index is 0.0848. The van der Waals surface area contributed by atoms with Crippen LogP contribution >= 0.6 is 23.4 Å². The molecule has 3 rings (SSSR count). The molecule has 0 fully saturated rings. The van der Waals surface area contributed by atoms with Crippen LogP contribution in [0.2, 0.25) is 5.02 Å². The molecule has 0 bridgehead atoms. The van der Waals surface area contributed by atoms with Gasteiger partial charge in [0, 0.05) is 10.6 Å². The van der Waals surface area contributed by atoms with E-state index in [4.69, 9.17) is 16.3 Å². The molecule has 3 aromatic rings. The van der Waals surface area contributed by atoms with E-state index < -0.39 is 17.8 Å². The molecule has 0 aliphatic heterocycles. The zero-order valence-corrected chi connectivity index (χ0v) is 17.1. The van der Waals surface area contributed by atoms with E-state index in [-0.39, 0.29) is 16.6 Å². The van der Waals surface area contributed by atoms with Gasteiger partial charge in [0.25, 0.3) is 0 Å². The van der Waals surface area contributed by atoms with E-state index in [0.717, 1.165) is 17.8 Å². The standard InChI is InChI=1S/C20H15ClF3N3O2S/c1-29-16-5-3-2-4-14(16)25-18(28)11-30-19-26-15(10-17(27-19)20(22,23)24)12-6-8-13(21)9-7-12/h2-10H,11H2,1H3,(H,25,28). The first kappa shape index (κ1) is 21.9. The summed E-state index contributed by atoms with van der Waals surface area (Å²) in [6.45, 7) is 0. The van der Waals surface area contributed by atoms with Crippen LogP contribution in [0.15, 0.2) is 59.8 Å². The lowest BCUT2D eigenvalue weighted by atomic mass is 10.1. The number of methoxy groups -OCH3 is 1. The normalized spacial score (nSPS) is 11.2. The Balaban J connectivity index is 1.80. The van der Waals surface area contributed by atoms with Gasteiger partial charge >= 0.3 is 6.18 Å². The predicted octanol–water partition coefficient (Wildman–Crippen LogP) is 5.56. The molecule has 0 aliphatic carbocycles. The number of nitrogens with one attached hydrogen (secondary N) is 1. The molecule has 0 aliphatic rings. The van der Waals surface area contributed by atoms with Crippen LogP contribution < -0.4 is 10.1 Å². The largest absolute Gasteiger partial charge is 0.495 e. The highest BCUT2D eigenvalue weighted by atomic mass is 35.5. The lowest BCUT2D eigenvalue weighted by Crippen LogP contribution is -2.15. The number of aromatic nitrogens is 2. The van der Waals surface area contributed by atoms with Gasteiger partial charge in [-0.2, -0.15) is 13.2 Å². The third kappa shape index (κ3) is 5.64. The Morgan fingerprint density at radius 3 is 2.50 bits per heavy atom. The number of nitrogens with zero attached hydrogens (tertiary/aromatic N) is 2. The van der Waals surface area contributed by atoms with Crippen LogP contribution in [-0.4, -0.2) is 28.7 Å². The Morgan fingerprint density at radius 1 is 1.13 bits per heavy atom. The van der Waals surface area contributed by atoms with Crippen molar-refractivity contribution in [3.63, 3.8) is 0 Å². The van der Waals surface area contributed by atoms with E-state index in [2.05, 4.69) is 15.3 Å². The number of thioether (sulfide) groups is 1. The van der Waals surface area contributed by atoms with Crippen LogP contribution in [-0.2, 0) is 11.0 Å². The molecule has 0 saturated heterocycles. The maximum absolute atomic E-state index is 13.3. The Kier molecular flexibility index (Phi) is 6.84. The molecule has 0 unspecified atom stereocenters. The number of hydrogen-bond acceptors (Lipinski definition) is 5. The van der Waals surface area contributed by atoms with Crippen molar-refractivity contribution < 1.29 is 22.7 Å². The monoisotopic (exact) mass is 453 g/mol. The summed E-state index contributed by atoms with van der Waals surface area (Å²) in [6.07, 6.45) is -4.65. The average molecular weight is 454 g/mol. The third-order valence-electron chi connectivity index (χ3n) is 3.85. The van der Waals surface area contributed by atoms with E-state index in [0.29, 0.717) is 22.0 Å². The average Bonchev–Trinajstić information content (AvgIpc) is 2.72. The number of para-hydroxylation sites is 2. The van der Waals surface area contributed by atoms with Gasteiger partial charge in [-0.15, -0.1) is 0 Å². The summed E-state index contributed by atoms with van der Waals surface area (Å²) in [5.74, 6) is -0.144. The van der Waals surface area contributed by atoms with E-state index in [1.165, 1.54) is 7.11 Å². The minimum atomic E-state index is -4.65. The lowest BCUT2D eigenvalue weighted by Gasteiger charge is -2.11. The molecular weight excluding hydrogens is 439 g/mol. The Hall–Kier alpha value is -2.78. The van der Waals surface area contributed by atoms with Crippen molar-refractivity contribution in [3.8, 4) is 17.0 Å². The van der Waals surface area contributed by atoms with Gasteiger partial charge in [0.15, 0.2) is 5.16 Å². The van der Waals surface area contributed by atoms with Crippen LogP contribution in [0.1, 0.15) is 5.69 Å². The van der Waals surface area contributed by atoms with E-state index >= 15 is 0 Å². The van der Waals surface area contributed by atoms with Gasteiger partial charge in [-0.1, -0.05) is 47.6 Å². The molecule has 1 N–H and O–H groups in total. The number of hydrogen-bond donors (Lipinski definition) is 1. The summed E-state index contributed by atoms with van der Waals surface area (Å²) in [5, 5.41) is 2.94. The van der Waals surface area contributed by atoms with E-state index in [1.807, 2.05) is 0 Å². The van der Waals surface area contributed by atoms with Gasteiger partial charge in [-0.25, -0.2) is 9.97 Å². The highest BCUT2D eigenvalue weighted by molar-refractivity contribution is 7.99. The molecule has 30 heavy (non-hydrogen) atoms. The molecular formula is C20H15ClF3N3O2S. The molecule has 1 aromatic heterocycles. The van der Waals surface area contributed by atoms with Crippen LogP contribution in [0.5, 0.6) is 5.75 Å². The van der Waals surface area contributed by atoms with Crippen LogP contribution in [0.3, 0.4) is 0 Å². The van der Waals surface area contributed by atoms with Crippen molar-refractivity contribution in [3.05, 3.63) is 65.3 Å². The van der Waals surface area contributed by atoms with E-state index in [9.17, 15) is 18.0 Å². The maximum Gasteiger partial charge on any atom is 0.433 e. The summed E-state index contributed by atoms with van der Waals surface area (Å²) < 4.78 is 45.0. The molecule has 1 amide bonds. The smallest absolute Gasteiger partial charge is 0.433 e. The second-order valence-corrected chi connectivity index (χ2v) is 7.34. The number of rotatable bonds is 6. The second-order valence-electron chi connectivity index (χ2n) is 5.96. The number of amides is 1. The fraction of sp³-hybridized carbons (Fsp3) is 0.150. The van der Waals surface area contributed by atoms with Gasteiger partial charge in [0.1, 0.15) is 11.4 Å². The van der Waals surface area contributed by atoms with Gasteiger partial charge in [-0.3, -0.25) is 4.79 Å². The number of ether oxygens (including phenoxy) is 1. The predicted molar refractivity (Wildman–Crippen MR) is 110 cm³/mol. The minimum Gasteiger partial charge on any atom is -0.495 e. The quantitative estimate of drug-likeness (QED) is 0.391. The fourth-order valence-electron chi connectivity index (χ4n) is 2.47. The summed E-state index contributed by atoms with van der Waals surface area (Å²) in [4.78, 5) is 20.0. The summed E-state index contributed by atoms with van der Waals surface area (Å²) >= 11 is 6.64. The number of carbonyl (C=O) groups is 1. The first-order valence-corrected chi connectivity index (χ1v) is 9.90. The molecule has 0 atom stereocenters. The first-order chi connectivity index (χ1) is 14.3. The van der Waals surface area contributed by atoms with Crippen LogP contribution in [0.4, 0.5) is 18.9 Å². The fourth-order valence-corrected chi connectivity index (χ4v) is 3.25. The Morgan fingerprint density at radius 2 is 1.83 bits per heavy atom. The number of anilines is 1. The molecule has 0 radical (unpaired) electrons. The molecule has 2 aromatic carbocycles. The lowest BCUT2D eigenvalue weighted by molar-refractivity contribution is -0.141. The van der Waals surface area contributed by atoms with Crippen molar-refractivity contribution >= 4 is 35.0 Å². The molecule has 1 heterocycles. The molecule has 0 saturated carbocycles. The highest BCUT2D eigenvalue weighted by Gasteiger charge is 2.34. The molecule has 156 valence electrons. The van der Waals surface area contributed by atoms with E-state index in [1.54, 1.807) is 48.5 Å². The van der Waals surface area contributed by atoms with Gasteiger partial charge in [0.05, 0.1) is 24.2 Å². The molecule has 5 nitrogen and oxygen atoms in total. The third-order valence-corrected chi connectivity index (χ3v) is 4.95. The van der Waals surface area contributed by atoms with Gasteiger partial charge < -0.3 is 10.1 Å². The Labute approximate surface area is 179 Å². The zero-order valence-electron chi connectivity index (χ0n) is 15.5. The number of alkyl halides is 3. The second kappa shape index (κ2) is 9.36. The number of carbonyl (C=O) groups excluding carboxylic acids is 1. The molecule has 0 spiro atoms. The van der Waals surface area contributed by atoms with Crippen molar-refractivity contribution in [1.29, 1.82) is 0 Å². The number of halogens is 4.